The molecule has 4 nitrogen and oxygen atoms in total. The Morgan fingerprint density at radius 2 is 2.06 bits per heavy atom. The number of hydrogen-bond acceptors (Lipinski definition) is 4. The smallest absolute Gasteiger partial charge is 0.323 e. The summed E-state index contributed by atoms with van der Waals surface area (Å²) >= 11 is 0. The van der Waals surface area contributed by atoms with E-state index in [0.29, 0.717) is 6.61 Å². The molecule has 0 saturated heterocycles. The van der Waals surface area contributed by atoms with Gasteiger partial charge >= 0.3 is 5.97 Å². The largest absolute Gasteiger partial charge is 0.490 e. The van der Waals surface area contributed by atoms with Crippen LogP contribution in [0, 0.1) is 12.8 Å². The third kappa shape index (κ3) is 4.75. The summed E-state index contributed by atoms with van der Waals surface area (Å²) in [4.78, 5) is 11.4. The van der Waals surface area contributed by atoms with Gasteiger partial charge < -0.3 is 15.2 Å². The van der Waals surface area contributed by atoms with Gasteiger partial charge in [-0.2, -0.15) is 0 Å². The fraction of sp³-hybridized carbons (Fsp3) is 0.500. The molecule has 0 aromatic heterocycles. The Labute approximate surface area is 108 Å². The van der Waals surface area contributed by atoms with Crippen molar-refractivity contribution in [2.45, 2.75) is 26.8 Å². The summed E-state index contributed by atoms with van der Waals surface area (Å²) in [7, 11) is 0. The molecule has 1 atom stereocenters. The minimum Gasteiger partial charge on any atom is -0.490 e. The molecule has 1 aromatic rings. The lowest BCUT2D eigenvalue weighted by molar-refractivity contribution is -0.147. The van der Waals surface area contributed by atoms with Crippen LogP contribution in [0.15, 0.2) is 24.3 Å². The third-order valence-electron chi connectivity index (χ3n) is 2.58. The summed E-state index contributed by atoms with van der Waals surface area (Å²) in [5, 5.41) is 0. The number of carbonyl (C=O) groups excluding carboxylic acids is 1. The van der Waals surface area contributed by atoms with Crippen LogP contribution in [-0.4, -0.2) is 25.2 Å². The summed E-state index contributed by atoms with van der Waals surface area (Å²) in [6.07, 6.45) is 0. The number of benzene rings is 1. The van der Waals surface area contributed by atoms with Crippen LogP contribution in [0.5, 0.6) is 5.75 Å². The lowest BCUT2D eigenvalue weighted by Gasteiger charge is -2.14. The summed E-state index contributed by atoms with van der Waals surface area (Å²) in [6.45, 7) is 6.31. The number of carbonyl (C=O) groups is 1. The van der Waals surface area contributed by atoms with Crippen molar-refractivity contribution in [3.05, 3.63) is 29.8 Å². The van der Waals surface area contributed by atoms with Gasteiger partial charge in [-0.1, -0.05) is 26.0 Å². The van der Waals surface area contributed by atoms with E-state index in [0.717, 1.165) is 11.3 Å². The van der Waals surface area contributed by atoms with Gasteiger partial charge in [0.1, 0.15) is 25.0 Å². The summed E-state index contributed by atoms with van der Waals surface area (Å²) in [6, 6.07) is 7.15. The van der Waals surface area contributed by atoms with E-state index in [1.54, 1.807) is 0 Å². The molecule has 1 rings (SSSR count). The minimum atomic E-state index is -0.566. The van der Waals surface area contributed by atoms with Crippen molar-refractivity contribution < 1.29 is 14.3 Å². The van der Waals surface area contributed by atoms with Crippen LogP contribution in [0.3, 0.4) is 0 Å². The van der Waals surface area contributed by atoms with Crippen molar-refractivity contribution in [1.82, 2.24) is 0 Å². The topological polar surface area (TPSA) is 61.5 Å². The standard InChI is InChI=1S/C14H21NO3/c1-10(2)13(15)14(16)18-8-7-17-12-6-4-5-11(3)9-12/h4-6,9-10,13H,7-8,15H2,1-3H3/t13-/m0/s1. The molecule has 0 fully saturated rings. The van der Waals surface area contributed by atoms with Crippen LogP contribution in [0.2, 0.25) is 0 Å². The monoisotopic (exact) mass is 251 g/mol. The first-order chi connectivity index (χ1) is 8.50. The number of nitrogens with two attached hydrogens (primary N) is 1. The molecule has 100 valence electrons. The van der Waals surface area contributed by atoms with Gasteiger partial charge in [0, 0.05) is 0 Å². The van der Waals surface area contributed by atoms with E-state index >= 15 is 0 Å². The third-order valence-corrected chi connectivity index (χ3v) is 2.58. The Balaban J connectivity index is 2.25. The molecule has 0 heterocycles. The number of aryl methyl sites for hydroxylation is 1. The van der Waals surface area contributed by atoms with E-state index < -0.39 is 6.04 Å². The van der Waals surface area contributed by atoms with Crippen molar-refractivity contribution in [3.63, 3.8) is 0 Å². The molecule has 0 aliphatic rings. The summed E-state index contributed by atoms with van der Waals surface area (Å²) in [5.41, 5.74) is 6.79. The Morgan fingerprint density at radius 1 is 1.33 bits per heavy atom. The summed E-state index contributed by atoms with van der Waals surface area (Å²) < 4.78 is 10.5. The normalized spacial score (nSPS) is 12.3. The Morgan fingerprint density at radius 3 is 2.67 bits per heavy atom. The average Bonchev–Trinajstić information content (AvgIpc) is 2.33. The Kier molecular flexibility index (Phi) is 5.65. The van der Waals surface area contributed by atoms with Gasteiger partial charge in [-0.05, 0) is 30.5 Å². The zero-order valence-corrected chi connectivity index (χ0v) is 11.2. The molecule has 0 saturated carbocycles. The highest BCUT2D eigenvalue weighted by Crippen LogP contribution is 2.12. The van der Waals surface area contributed by atoms with Crippen molar-refractivity contribution in [2.24, 2.45) is 11.7 Å². The fourth-order valence-corrected chi connectivity index (χ4v) is 1.38. The van der Waals surface area contributed by atoms with E-state index in [4.69, 9.17) is 15.2 Å². The predicted octanol–water partition coefficient (Wildman–Crippen LogP) is 1.90. The van der Waals surface area contributed by atoms with Crippen LogP contribution in [-0.2, 0) is 9.53 Å². The van der Waals surface area contributed by atoms with Crippen LogP contribution in [0.25, 0.3) is 0 Å². The van der Waals surface area contributed by atoms with Gasteiger partial charge in [-0.15, -0.1) is 0 Å². The van der Waals surface area contributed by atoms with E-state index in [-0.39, 0.29) is 18.5 Å². The molecule has 0 amide bonds. The molecule has 18 heavy (non-hydrogen) atoms. The number of hydrogen-bond donors (Lipinski definition) is 1. The highest BCUT2D eigenvalue weighted by molar-refractivity contribution is 5.75. The van der Waals surface area contributed by atoms with Gasteiger partial charge in [0.2, 0.25) is 0 Å². The molecule has 0 bridgehead atoms. The second kappa shape index (κ2) is 7.01. The van der Waals surface area contributed by atoms with E-state index in [2.05, 4.69) is 0 Å². The lowest BCUT2D eigenvalue weighted by Crippen LogP contribution is -2.37. The van der Waals surface area contributed by atoms with Crippen molar-refractivity contribution in [1.29, 1.82) is 0 Å². The van der Waals surface area contributed by atoms with Gasteiger partial charge in [0.25, 0.3) is 0 Å². The minimum absolute atomic E-state index is 0.0789. The first kappa shape index (κ1) is 14.5. The van der Waals surface area contributed by atoms with Gasteiger partial charge in [0.15, 0.2) is 0 Å². The molecule has 0 spiro atoms. The van der Waals surface area contributed by atoms with Gasteiger partial charge in [0.05, 0.1) is 0 Å². The highest BCUT2D eigenvalue weighted by atomic mass is 16.6. The molecular weight excluding hydrogens is 230 g/mol. The highest BCUT2D eigenvalue weighted by Gasteiger charge is 2.18. The first-order valence-corrected chi connectivity index (χ1v) is 6.12. The maximum atomic E-state index is 11.4. The van der Waals surface area contributed by atoms with Crippen LogP contribution < -0.4 is 10.5 Å². The number of rotatable bonds is 6. The molecule has 2 N–H and O–H groups in total. The fourth-order valence-electron chi connectivity index (χ4n) is 1.38. The van der Waals surface area contributed by atoms with Gasteiger partial charge in [-0.3, -0.25) is 4.79 Å². The first-order valence-electron chi connectivity index (χ1n) is 6.12. The zero-order valence-electron chi connectivity index (χ0n) is 11.2. The molecule has 4 heteroatoms. The van der Waals surface area contributed by atoms with E-state index in [1.165, 1.54) is 0 Å². The molecular formula is C14H21NO3. The van der Waals surface area contributed by atoms with E-state index in [1.807, 2.05) is 45.0 Å². The predicted molar refractivity (Wildman–Crippen MR) is 70.4 cm³/mol. The van der Waals surface area contributed by atoms with Crippen LogP contribution >= 0.6 is 0 Å². The molecule has 0 aliphatic heterocycles. The maximum absolute atomic E-state index is 11.4. The molecule has 0 aliphatic carbocycles. The second-order valence-corrected chi connectivity index (χ2v) is 4.60. The molecule has 1 aromatic carbocycles. The van der Waals surface area contributed by atoms with Crippen LogP contribution in [0.4, 0.5) is 0 Å². The van der Waals surface area contributed by atoms with Crippen molar-refractivity contribution in [2.75, 3.05) is 13.2 Å². The molecule has 0 unspecified atom stereocenters. The maximum Gasteiger partial charge on any atom is 0.323 e. The second-order valence-electron chi connectivity index (χ2n) is 4.60. The summed E-state index contributed by atoms with van der Waals surface area (Å²) in [5.74, 6) is 0.479. The van der Waals surface area contributed by atoms with E-state index in [9.17, 15) is 4.79 Å². The Hall–Kier alpha value is -1.55. The Bertz CT molecular complexity index is 390. The SMILES string of the molecule is Cc1cccc(OCCOC(=O)[C@@H](N)C(C)C)c1. The average molecular weight is 251 g/mol. The quantitative estimate of drug-likeness (QED) is 0.619. The molecule has 0 radical (unpaired) electrons. The number of ether oxygens (including phenoxy) is 2. The van der Waals surface area contributed by atoms with Crippen LogP contribution in [0.1, 0.15) is 19.4 Å². The number of esters is 1. The lowest BCUT2D eigenvalue weighted by atomic mass is 10.1. The van der Waals surface area contributed by atoms with Crippen molar-refractivity contribution in [3.8, 4) is 5.75 Å². The van der Waals surface area contributed by atoms with Crippen molar-refractivity contribution >= 4 is 5.97 Å². The zero-order chi connectivity index (χ0) is 13.5. The van der Waals surface area contributed by atoms with Gasteiger partial charge in [-0.25, -0.2) is 0 Å².